The Hall–Kier alpha value is -2.34. The second-order valence-corrected chi connectivity index (χ2v) is 5.96. The molecule has 1 aromatic carbocycles. The van der Waals surface area contributed by atoms with Gasteiger partial charge in [0.25, 0.3) is 0 Å². The van der Waals surface area contributed by atoms with E-state index in [-0.39, 0.29) is 0 Å². The molecule has 0 saturated carbocycles. The minimum atomic E-state index is -0.505. The Bertz CT molecular complexity index is 701. The van der Waals surface area contributed by atoms with E-state index in [9.17, 15) is 9.59 Å². The summed E-state index contributed by atoms with van der Waals surface area (Å²) in [5.74, 6) is -0.925. The van der Waals surface area contributed by atoms with Gasteiger partial charge < -0.3 is 20.1 Å². The monoisotopic (exact) mass is 314 g/mol. The topological polar surface area (TPSA) is 68.4 Å². The van der Waals surface area contributed by atoms with Gasteiger partial charge in [0, 0.05) is 49.8 Å². The second-order valence-electron chi connectivity index (χ2n) is 5.96. The van der Waals surface area contributed by atoms with E-state index in [4.69, 9.17) is 0 Å². The Morgan fingerprint density at radius 2 is 1.91 bits per heavy atom. The van der Waals surface area contributed by atoms with Crippen LogP contribution in [-0.4, -0.2) is 66.4 Å². The van der Waals surface area contributed by atoms with Crippen molar-refractivity contribution in [2.24, 2.45) is 0 Å². The van der Waals surface area contributed by atoms with Crippen LogP contribution in [0.4, 0.5) is 0 Å². The second kappa shape index (κ2) is 6.83. The molecule has 2 N–H and O–H groups in total. The van der Waals surface area contributed by atoms with Gasteiger partial charge in [0.2, 0.25) is 0 Å². The normalized spacial score (nSPS) is 15.8. The third-order valence-corrected chi connectivity index (χ3v) is 4.34. The minimum Gasteiger partial charge on any atom is -0.361 e. The van der Waals surface area contributed by atoms with E-state index >= 15 is 0 Å². The fourth-order valence-corrected chi connectivity index (χ4v) is 2.88. The van der Waals surface area contributed by atoms with Crippen molar-refractivity contribution in [1.82, 2.24) is 20.1 Å². The van der Waals surface area contributed by atoms with E-state index in [0.717, 1.165) is 29.6 Å². The van der Waals surface area contributed by atoms with Gasteiger partial charge in [0.15, 0.2) is 0 Å². The smallest absolute Gasteiger partial charge is 0.311 e. The number of nitrogens with one attached hydrogen (secondary N) is 2. The van der Waals surface area contributed by atoms with Crippen LogP contribution in [0.1, 0.15) is 5.56 Å². The molecule has 0 atom stereocenters. The molecule has 0 radical (unpaired) electrons. The number of likely N-dealkylation sites (N-methyl/N-ethyl adjacent to an activating group) is 1. The van der Waals surface area contributed by atoms with Crippen LogP contribution in [0.3, 0.4) is 0 Å². The van der Waals surface area contributed by atoms with Crippen molar-refractivity contribution in [3.63, 3.8) is 0 Å². The van der Waals surface area contributed by atoms with Crippen molar-refractivity contribution >= 4 is 22.7 Å². The Labute approximate surface area is 135 Å². The van der Waals surface area contributed by atoms with E-state index in [1.54, 1.807) is 4.90 Å². The average Bonchev–Trinajstić information content (AvgIpc) is 2.98. The van der Waals surface area contributed by atoms with Gasteiger partial charge in [-0.05, 0) is 25.1 Å². The Balaban J connectivity index is 1.50. The zero-order valence-corrected chi connectivity index (χ0v) is 13.3. The highest BCUT2D eigenvalue weighted by molar-refractivity contribution is 6.35. The summed E-state index contributed by atoms with van der Waals surface area (Å²) in [5.41, 5.74) is 2.23. The van der Waals surface area contributed by atoms with Gasteiger partial charge in [0.1, 0.15) is 0 Å². The lowest BCUT2D eigenvalue weighted by Gasteiger charge is -2.31. The number of para-hydroxylation sites is 1. The Kier molecular flexibility index (Phi) is 4.62. The Morgan fingerprint density at radius 3 is 2.70 bits per heavy atom. The van der Waals surface area contributed by atoms with Crippen molar-refractivity contribution in [3.8, 4) is 0 Å². The number of fused-ring (bicyclic) bond motifs is 1. The van der Waals surface area contributed by atoms with E-state index in [2.05, 4.69) is 21.3 Å². The molecule has 23 heavy (non-hydrogen) atoms. The molecule has 3 rings (SSSR count). The molecule has 0 spiro atoms. The first-order valence-corrected chi connectivity index (χ1v) is 7.96. The summed E-state index contributed by atoms with van der Waals surface area (Å²) < 4.78 is 0. The number of benzene rings is 1. The summed E-state index contributed by atoms with van der Waals surface area (Å²) in [4.78, 5) is 31.1. The fraction of sp³-hybridized carbons (Fsp3) is 0.412. The van der Waals surface area contributed by atoms with Gasteiger partial charge in [-0.2, -0.15) is 0 Å². The van der Waals surface area contributed by atoms with Crippen molar-refractivity contribution < 1.29 is 9.59 Å². The van der Waals surface area contributed by atoms with Gasteiger partial charge in [0.05, 0.1) is 0 Å². The average molecular weight is 314 g/mol. The van der Waals surface area contributed by atoms with E-state index < -0.39 is 11.8 Å². The number of aromatic amines is 1. The number of amides is 2. The van der Waals surface area contributed by atoms with Crippen molar-refractivity contribution in [2.75, 3.05) is 39.8 Å². The molecule has 1 aliphatic rings. The maximum absolute atomic E-state index is 12.1. The molecule has 2 amide bonds. The number of aromatic nitrogens is 1. The molecule has 1 fully saturated rings. The first-order valence-electron chi connectivity index (χ1n) is 7.96. The van der Waals surface area contributed by atoms with Crippen molar-refractivity contribution in [1.29, 1.82) is 0 Å². The maximum atomic E-state index is 12.1. The number of carbonyl (C=O) groups excluding carboxylic acids is 2. The number of piperazine rings is 1. The van der Waals surface area contributed by atoms with E-state index in [1.165, 1.54) is 0 Å². The largest absolute Gasteiger partial charge is 0.361 e. The maximum Gasteiger partial charge on any atom is 0.311 e. The van der Waals surface area contributed by atoms with Crippen molar-refractivity contribution in [3.05, 3.63) is 36.0 Å². The van der Waals surface area contributed by atoms with Crippen LogP contribution in [0.5, 0.6) is 0 Å². The molecule has 6 nitrogen and oxygen atoms in total. The van der Waals surface area contributed by atoms with E-state index in [1.807, 2.05) is 31.4 Å². The SMILES string of the molecule is CN1CCN(C(=O)C(=O)NCCc2c[nH]c3ccccc23)CC1. The highest BCUT2D eigenvalue weighted by Gasteiger charge is 2.24. The molecule has 1 aliphatic heterocycles. The lowest BCUT2D eigenvalue weighted by atomic mass is 10.1. The summed E-state index contributed by atoms with van der Waals surface area (Å²) in [6.45, 7) is 3.32. The van der Waals surface area contributed by atoms with Crippen LogP contribution < -0.4 is 5.32 Å². The first-order chi connectivity index (χ1) is 11.1. The zero-order valence-electron chi connectivity index (χ0n) is 13.3. The van der Waals surface area contributed by atoms with Crippen LogP contribution in [-0.2, 0) is 16.0 Å². The molecule has 6 heteroatoms. The quantitative estimate of drug-likeness (QED) is 0.815. The highest BCUT2D eigenvalue weighted by Crippen LogP contribution is 2.17. The molecular formula is C17H22N4O2. The number of nitrogens with zero attached hydrogens (tertiary/aromatic N) is 2. The zero-order chi connectivity index (χ0) is 16.2. The van der Waals surface area contributed by atoms with Gasteiger partial charge in [-0.3, -0.25) is 9.59 Å². The lowest BCUT2D eigenvalue weighted by Crippen LogP contribution is -2.51. The predicted octanol–water partition coefficient (Wildman–Crippen LogP) is 0.601. The third-order valence-electron chi connectivity index (χ3n) is 4.34. The molecule has 1 saturated heterocycles. The van der Waals surface area contributed by atoms with Crippen LogP contribution in [0.25, 0.3) is 10.9 Å². The molecule has 0 aliphatic carbocycles. The summed E-state index contributed by atoms with van der Waals surface area (Å²) in [5, 5.41) is 3.90. The van der Waals surface area contributed by atoms with Gasteiger partial charge >= 0.3 is 11.8 Å². The molecule has 0 unspecified atom stereocenters. The summed E-state index contributed by atoms with van der Waals surface area (Å²) in [7, 11) is 2.02. The molecule has 1 aromatic heterocycles. The third kappa shape index (κ3) is 3.53. The molecule has 2 heterocycles. The summed E-state index contributed by atoms with van der Waals surface area (Å²) in [6.07, 6.45) is 2.66. The van der Waals surface area contributed by atoms with Crippen LogP contribution in [0.15, 0.2) is 30.5 Å². The molecule has 122 valence electrons. The van der Waals surface area contributed by atoms with Crippen molar-refractivity contribution in [2.45, 2.75) is 6.42 Å². The minimum absolute atomic E-state index is 0.419. The number of rotatable bonds is 3. The number of hydrogen-bond donors (Lipinski definition) is 2. The summed E-state index contributed by atoms with van der Waals surface area (Å²) in [6, 6.07) is 8.06. The number of carbonyl (C=O) groups is 2. The standard InChI is InChI=1S/C17H22N4O2/c1-20-8-10-21(11-9-20)17(23)16(22)18-7-6-13-12-19-15-5-3-2-4-14(13)15/h2-5,12,19H,6-11H2,1H3,(H,18,22). The lowest BCUT2D eigenvalue weighted by molar-refractivity contribution is -0.146. The number of hydrogen-bond acceptors (Lipinski definition) is 3. The summed E-state index contributed by atoms with van der Waals surface area (Å²) >= 11 is 0. The van der Waals surface area contributed by atoms with E-state index in [0.29, 0.717) is 26.1 Å². The molecule has 2 aromatic rings. The van der Waals surface area contributed by atoms with Crippen LogP contribution >= 0.6 is 0 Å². The fourth-order valence-electron chi connectivity index (χ4n) is 2.88. The predicted molar refractivity (Wildman–Crippen MR) is 89.1 cm³/mol. The highest BCUT2D eigenvalue weighted by atomic mass is 16.2. The van der Waals surface area contributed by atoms with Gasteiger partial charge in [-0.1, -0.05) is 18.2 Å². The van der Waals surface area contributed by atoms with Gasteiger partial charge in [-0.15, -0.1) is 0 Å². The molecule has 0 bridgehead atoms. The molecular weight excluding hydrogens is 292 g/mol. The number of H-pyrrole nitrogens is 1. The first kappa shape index (κ1) is 15.6. The van der Waals surface area contributed by atoms with Crippen LogP contribution in [0.2, 0.25) is 0 Å². The Morgan fingerprint density at radius 1 is 1.17 bits per heavy atom. The van der Waals surface area contributed by atoms with Gasteiger partial charge in [-0.25, -0.2) is 0 Å². The van der Waals surface area contributed by atoms with Crippen LogP contribution in [0, 0.1) is 0 Å².